The van der Waals surface area contributed by atoms with Crippen LogP contribution in [0.4, 0.5) is 5.82 Å². The maximum atomic E-state index is 4.31. The highest BCUT2D eigenvalue weighted by Crippen LogP contribution is 2.18. The second-order valence-electron chi connectivity index (χ2n) is 2.52. The third kappa shape index (κ3) is 3.18. The van der Waals surface area contributed by atoms with Crippen LogP contribution in [-0.2, 0) is 0 Å². The molecule has 1 heterocycles. The van der Waals surface area contributed by atoms with Crippen molar-refractivity contribution in [1.29, 1.82) is 0 Å². The average Bonchev–Trinajstić information content (AvgIpc) is 2.24. The third-order valence-electron chi connectivity index (χ3n) is 1.79. The van der Waals surface area contributed by atoms with Crippen molar-refractivity contribution in [3.05, 3.63) is 11.3 Å². The van der Waals surface area contributed by atoms with E-state index in [1.807, 2.05) is 41.0 Å². The Kier molecular flexibility index (Phi) is 6.28. The summed E-state index contributed by atoms with van der Waals surface area (Å²) in [4.78, 5) is 8.62. The summed E-state index contributed by atoms with van der Waals surface area (Å²) in [6.45, 7) is 8.02. The molecule has 1 aromatic heterocycles. The maximum Gasteiger partial charge on any atom is 0.189 e. The van der Waals surface area contributed by atoms with Crippen molar-refractivity contribution < 1.29 is 0 Å². The molecule has 0 aliphatic carbocycles. The minimum atomic E-state index is 0.822. The van der Waals surface area contributed by atoms with Crippen LogP contribution < -0.4 is 5.32 Å². The molecule has 0 amide bonds. The van der Waals surface area contributed by atoms with Gasteiger partial charge in [0.1, 0.15) is 5.82 Å². The molecule has 0 fully saturated rings. The fraction of sp³-hybridized carbons (Fsp3) is 0.600. The molecule has 0 aliphatic rings. The Hall–Kier alpha value is -0.770. The summed E-state index contributed by atoms with van der Waals surface area (Å²) in [5.74, 6) is 0.923. The lowest BCUT2D eigenvalue weighted by Crippen LogP contribution is -2.01. The third-order valence-corrected chi connectivity index (χ3v) is 2.34. The molecule has 1 aromatic rings. The molecule has 1 rings (SSSR count). The highest BCUT2D eigenvalue weighted by molar-refractivity contribution is 7.98. The van der Waals surface area contributed by atoms with Gasteiger partial charge in [-0.05, 0) is 20.1 Å². The predicted octanol–water partition coefficient (Wildman–Crippen LogP) is 2.88. The number of nitrogens with zero attached hydrogens (tertiary/aromatic N) is 2. The van der Waals surface area contributed by atoms with Crippen LogP contribution in [0.2, 0.25) is 0 Å². The Balaban J connectivity index is 0.000000791. The van der Waals surface area contributed by atoms with Crippen LogP contribution in [0.25, 0.3) is 0 Å². The molecule has 1 N–H and O–H groups in total. The SMILES string of the molecule is CC.CNc1nc(SC)nc(C)c1C. The van der Waals surface area contributed by atoms with E-state index in [1.165, 1.54) is 0 Å². The molecule has 3 nitrogen and oxygen atoms in total. The monoisotopic (exact) mass is 213 g/mol. The molecule has 0 atom stereocenters. The molecule has 80 valence electrons. The minimum absolute atomic E-state index is 0.822. The van der Waals surface area contributed by atoms with E-state index in [2.05, 4.69) is 15.3 Å². The normalized spacial score (nSPS) is 9.00. The van der Waals surface area contributed by atoms with Crippen molar-refractivity contribution in [3.8, 4) is 0 Å². The van der Waals surface area contributed by atoms with Gasteiger partial charge in [0.05, 0.1) is 0 Å². The van der Waals surface area contributed by atoms with Crippen molar-refractivity contribution in [1.82, 2.24) is 9.97 Å². The van der Waals surface area contributed by atoms with Crippen molar-refractivity contribution >= 4 is 17.6 Å². The summed E-state index contributed by atoms with van der Waals surface area (Å²) in [5, 5.41) is 3.87. The van der Waals surface area contributed by atoms with Crippen LogP contribution in [0.1, 0.15) is 25.1 Å². The van der Waals surface area contributed by atoms with Crippen LogP contribution in [0.3, 0.4) is 0 Å². The highest BCUT2D eigenvalue weighted by Gasteiger charge is 2.04. The zero-order valence-corrected chi connectivity index (χ0v) is 10.6. The average molecular weight is 213 g/mol. The molecule has 4 heteroatoms. The Morgan fingerprint density at radius 2 is 1.71 bits per heavy atom. The van der Waals surface area contributed by atoms with Crippen LogP contribution >= 0.6 is 11.8 Å². The van der Waals surface area contributed by atoms with Crippen molar-refractivity contribution in [2.45, 2.75) is 32.9 Å². The summed E-state index contributed by atoms with van der Waals surface area (Å²) in [5.41, 5.74) is 2.16. The van der Waals surface area contributed by atoms with Gasteiger partial charge in [-0.1, -0.05) is 25.6 Å². The van der Waals surface area contributed by atoms with Gasteiger partial charge < -0.3 is 5.32 Å². The number of aryl methyl sites for hydroxylation is 1. The van der Waals surface area contributed by atoms with Gasteiger partial charge in [-0.3, -0.25) is 0 Å². The van der Waals surface area contributed by atoms with E-state index >= 15 is 0 Å². The lowest BCUT2D eigenvalue weighted by Gasteiger charge is -2.07. The summed E-state index contributed by atoms with van der Waals surface area (Å²) in [7, 11) is 1.87. The zero-order chi connectivity index (χ0) is 11.1. The van der Waals surface area contributed by atoms with Gasteiger partial charge in [0.25, 0.3) is 0 Å². The first-order chi connectivity index (χ1) is 6.69. The largest absolute Gasteiger partial charge is 0.373 e. The van der Waals surface area contributed by atoms with Crippen molar-refractivity contribution in [3.63, 3.8) is 0 Å². The van der Waals surface area contributed by atoms with Gasteiger partial charge in [-0.15, -0.1) is 0 Å². The number of rotatable bonds is 2. The van der Waals surface area contributed by atoms with Crippen molar-refractivity contribution in [2.24, 2.45) is 0 Å². The lowest BCUT2D eigenvalue weighted by atomic mass is 10.2. The Labute approximate surface area is 90.7 Å². The van der Waals surface area contributed by atoms with Gasteiger partial charge >= 0.3 is 0 Å². The summed E-state index contributed by atoms with van der Waals surface area (Å²) in [6.07, 6.45) is 1.98. The van der Waals surface area contributed by atoms with E-state index in [-0.39, 0.29) is 0 Å². The fourth-order valence-electron chi connectivity index (χ4n) is 0.938. The van der Waals surface area contributed by atoms with Crippen LogP contribution in [-0.4, -0.2) is 23.3 Å². The molecule has 0 saturated heterocycles. The predicted molar refractivity (Wildman–Crippen MR) is 64.2 cm³/mol. The molecule has 0 spiro atoms. The summed E-state index contributed by atoms with van der Waals surface area (Å²) in [6, 6.07) is 0. The van der Waals surface area contributed by atoms with Gasteiger partial charge in [0.2, 0.25) is 0 Å². The molecule has 0 aromatic carbocycles. The van der Waals surface area contributed by atoms with Gasteiger partial charge in [0, 0.05) is 18.3 Å². The molecule has 0 unspecified atom stereocenters. The molecular weight excluding hydrogens is 194 g/mol. The fourth-order valence-corrected chi connectivity index (χ4v) is 1.35. The number of anilines is 1. The molecular formula is C10H19N3S. The first-order valence-corrected chi connectivity index (χ1v) is 5.98. The van der Waals surface area contributed by atoms with Crippen LogP contribution in [0.15, 0.2) is 5.16 Å². The van der Waals surface area contributed by atoms with Crippen molar-refractivity contribution in [2.75, 3.05) is 18.6 Å². The van der Waals surface area contributed by atoms with Crippen LogP contribution in [0.5, 0.6) is 0 Å². The summed E-state index contributed by atoms with van der Waals surface area (Å²) < 4.78 is 0. The lowest BCUT2D eigenvalue weighted by molar-refractivity contribution is 0.919. The van der Waals surface area contributed by atoms with Gasteiger partial charge in [0.15, 0.2) is 5.16 Å². The number of aromatic nitrogens is 2. The smallest absolute Gasteiger partial charge is 0.189 e. The number of hydrogen-bond acceptors (Lipinski definition) is 4. The maximum absolute atomic E-state index is 4.31. The molecule has 14 heavy (non-hydrogen) atoms. The van der Waals surface area contributed by atoms with E-state index in [0.717, 1.165) is 22.2 Å². The molecule has 0 bridgehead atoms. The first-order valence-electron chi connectivity index (χ1n) is 4.76. The zero-order valence-electron chi connectivity index (χ0n) is 9.80. The number of nitrogens with one attached hydrogen (secondary N) is 1. The van der Waals surface area contributed by atoms with E-state index in [0.29, 0.717) is 0 Å². The molecule has 0 aliphatic heterocycles. The Morgan fingerprint density at radius 3 is 2.14 bits per heavy atom. The summed E-state index contributed by atoms with van der Waals surface area (Å²) >= 11 is 1.56. The van der Waals surface area contributed by atoms with E-state index in [1.54, 1.807) is 11.8 Å². The van der Waals surface area contributed by atoms with Gasteiger partial charge in [-0.25, -0.2) is 9.97 Å². The Bertz CT molecular complexity index is 287. The first kappa shape index (κ1) is 13.2. The quantitative estimate of drug-likeness (QED) is 0.605. The van der Waals surface area contributed by atoms with E-state index in [4.69, 9.17) is 0 Å². The topological polar surface area (TPSA) is 37.8 Å². The minimum Gasteiger partial charge on any atom is -0.373 e. The Morgan fingerprint density at radius 1 is 1.14 bits per heavy atom. The van der Waals surface area contributed by atoms with Crippen LogP contribution in [0, 0.1) is 13.8 Å². The number of hydrogen-bond donors (Lipinski definition) is 1. The molecule has 0 radical (unpaired) electrons. The molecule has 0 saturated carbocycles. The number of thioether (sulfide) groups is 1. The standard InChI is InChI=1S/C8H13N3S.C2H6/c1-5-6(2)10-8(12-4)11-7(5)9-3;1-2/h1-4H3,(H,9,10,11);1-2H3. The second-order valence-corrected chi connectivity index (χ2v) is 3.29. The second kappa shape index (κ2) is 6.65. The van der Waals surface area contributed by atoms with E-state index < -0.39 is 0 Å². The van der Waals surface area contributed by atoms with E-state index in [9.17, 15) is 0 Å². The van der Waals surface area contributed by atoms with Gasteiger partial charge in [-0.2, -0.15) is 0 Å². The highest BCUT2D eigenvalue weighted by atomic mass is 32.2.